The number of fused-ring (bicyclic) bond motifs is 4. The molecule has 1 atom stereocenters. The Morgan fingerprint density at radius 2 is 1.61 bits per heavy atom. The number of aryl methyl sites for hydroxylation is 2. The molecule has 0 saturated heterocycles. The fourth-order valence-electron chi connectivity index (χ4n) is 6.54. The highest BCUT2D eigenvalue weighted by Crippen LogP contribution is 2.39. The van der Waals surface area contributed by atoms with E-state index in [4.69, 9.17) is 30.8 Å². The molecule has 5 aromatic rings. The Kier molecular flexibility index (Phi) is 13.9. The van der Waals surface area contributed by atoms with Crippen LogP contribution in [0.15, 0.2) is 65.8 Å². The van der Waals surface area contributed by atoms with Crippen LogP contribution < -0.4 is 16.0 Å². The number of anilines is 2. The van der Waals surface area contributed by atoms with E-state index in [1.807, 2.05) is 66.1 Å². The Morgan fingerprint density at radius 1 is 0.911 bits per heavy atom. The van der Waals surface area contributed by atoms with Crippen molar-refractivity contribution in [1.29, 1.82) is 0 Å². The zero-order valence-electron chi connectivity index (χ0n) is 31.5. The average molecular weight is 817 g/mol. The van der Waals surface area contributed by atoms with Gasteiger partial charge in [-0.25, -0.2) is 4.98 Å². The molecule has 2 aliphatic heterocycles. The molecule has 2 amide bonds. The van der Waals surface area contributed by atoms with Crippen molar-refractivity contribution < 1.29 is 23.8 Å². The number of aliphatic imine (C=N–C) groups is 1. The normalized spacial score (nSPS) is 14.2. The van der Waals surface area contributed by atoms with Gasteiger partial charge in [-0.15, -0.1) is 21.5 Å². The summed E-state index contributed by atoms with van der Waals surface area (Å²) < 4.78 is 19.0. The number of amides is 2. The fraction of sp³-hybridized carbons (Fsp3) is 0.350. The molecule has 0 aliphatic carbocycles. The highest BCUT2D eigenvalue weighted by atomic mass is 35.5. The van der Waals surface area contributed by atoms with Crippen molar-refractivity contribution in [3.05, 3.63) is 105 Å². The van der Waals surface area contributed by atoms with E-state index in [1.54, 1.807) is 17.5 Å². The molecule has 13 nitrogen and oxygen atoms in total. The van der Waals surface area contributed by atoms with Gasteiger partial charge >= 0.3 is 0 Å². The second-order valence-electron chi connectivity index (χ2n) is 13.2. The number of pyridine rings is 1. The lowest BCUT2D eigenvalue weighted by molar-refractivity contribution is -0.121. The van der Waals surface area contributed by atoms with Gasteiger partial charge in [0.2, 0.25) is 11.8 Å². The lowest BCUT2D eigenvalue weighted by atomic mass is 9.99. The van der Waals surface area contributed by atoms with Gasteiger partial charge < -0.3 is 30.2 Å². The Labute approximate surface area is 341 Å². The van der Waals surface area contributed by atoms with Crippen LogP contribution in [0.5, 0.6) is 0 Å². The van der Waals surface area contributed by atoms with Gasteiger partial charge in [0.1, 0.15) is 22.7 Å². The van der Waals surface area contributed by atoms with Crippen LogP contribution in [0.2, 0.25) is 5.02 Å². The minimum atomic E-state index is -0.533. The van der Waals surface area contributed by atoms with E-state index in [0.29, 0.717) is 70.0 Å². The van der Waals surface area contributed by atoms with Crippen LogP contribution in [-0.4, -0.2) is 90.0 Å². The van der Waals surface area contributed by atoms with E-state index in [2.05, 4.69) is 45.0 Å². The summed E-state index contributed by atoms with van der Waals surface area (Å²) in [5.74, 6) is 2.00. The molecule has 7 rings (SSSR count). The third-order valence-electron chi connectivity index (χ3n) is 9.43. The molecule has 0 radical (unpaired) electrons. The maximum absolute atomic E-state index is 13.2. The quantitative estimate of drug-likeness (QED) is 0.0941. The number of rotatable bonds is 17. The minimum Gasteiger partial charge on any atom is -0.377 e. The Bertz CT molecular complexity index is 2210. The molecule has 0 spiro atoms. The molecular weight excluding hydrogens is 772 g/mol. The summed E-state index contributed by atoms with van der Waals surface area (Å²) >= 11 is 7.89. The molecular formula is C40H45ClN8O5S2. The Morgan fingerprint density at radius 3 is 2.38 bits per heavy atom. The molecule has 5 heterocycles. The lowest BCUT2D eigenvalue weighted by Crippen LogP contribution is -2.29. The number of carbonyl (C=O) groups is 2. The number of thiophene rings is 1. The number of hydrogen-bond acceptors (Lipinski definition) is 11. The lowest BCUT2D eigenvalue weighted by Gasteiger charge is -2.13. The maximum Gasteiger partial charge on any atom is 0.228 e. The van der Waals surface area contributed by atoms with Crippen molar-refractivity contribution in [2.24, 2.45) is 4.99 Å². The molecule has 0 saturated carbocycles. The molecule has 2 aliphatic rings. The molecule has 0 unspecified atom stereocenters. The molecule has 294 valence electrons. The van der Waals surface area contributed by atoms with Gasteiger partial charge in [0.05, 0.1) is 58.2 Å². The van der Waals surface area contributed by atoms with E-state index >= 15 is 0 Å². The van der Waals surface area contributed by atoms with Crippen LogP contribution in [-0.2, 0) is 30.2 Å². The smallest absolute Gasteiger partial charge is 0.228 e. The van der Waals surface area contributed by atoms with E-state index in [1.165, 1.54) is 4.88 Å². The van der Waals surface area contributed by atoms with E-state index in [9.17, 15) is 9.59 Å². The van der Waals surface area contributed by atoms with Crippen molar-refractivity contribution in [3.8, 4) is 16.1 Å². The van der Waals surface area contributed by atoms with E-state index in [0.717, 1.165) is 61.4 Å². The first-order valence-electron chi connectivity index (χ1n) is 18.2. The molecule has 0 bridgehead atoms. The summed E-state index contributed by atoms with van der Waals surface area (Å²) in [7, 11) is 0. The number of hydrogen-bond donors (Lipinski definition) is 3. The van der Waals surface area contributed by atoms with E-state index < -0.39 is 6.04 Å². The van der Waals surface area contributed by atoms with Gasteiger partial charge in [0, 0.05) is 46.0 Å². The van der Waals surface area contributed by atoms with Gasteiger partial charge in [-0.2, -0.15) is 13.5 Å². The maximum atomic E-state index is 13.2. The summed E-state index contributed by atoms with van der Waals surface area (Å²) in [6, 6.07) is 17.0. The van der Waals surface area contributed by atoms with Crippen LogP contribution in [0.3, 0.4) is 0 Å². The van der Waals surface area contributed by atoms with Crippen molar-refractivity contribution in [2.75, 3.05) is 63.4 Å². The minimum absolute atomic E-state index is 0. The number of nitrogens with one attached hydrogen (secondary N) is 3. The van der Waals surface area contributed by atoms with Crippen molar-refractivity contribution >= 4 is 65.5 Å². The van der Waals surface area contributed by atoms with Crippen LogP contribution >= 0.6 is 36.4 Å². The number of ether oxygens (including phenoxy) is 3. The van der Waals surface area contributed by atoms with Gasteiger partial charge in [0.15, 0.2) is 5.82 Å². The average Bonchev–Trinajstić information content (AvgIpc) is 3.81. The standard InChI is InChI=1S/C40H43ClN8O5S.H2S/c1-24-25(2)55-40-37(24)38(27-6-8-31(41)9-7-27)46-33(39-48-47-26(3)49(39)40)23-35(50)44-13-15-53-17-19-54-18-16-52-14-12-43-34-21-29(10-11-42-34)28-4-5-30-22-36(51)45-32(30)20-28;/h4-11,20-21,33H,12-19,22-23H2,1-3H3,(H,42,43)(H,44,50)(H,45,51);1H2/t33-;/m0./s1. The largest absolute Gasteiger partial charge is 0.377 e. The fourth-order valence-corrected chi connectivity index (χ4v) is 7.88. The van der Waals surface area contributed by atoms with Crippen LogP contribution in [0.25, 0.3) is 16.1 Å². The predicted molar refractivity (Wildman–Crippen MR) is 224 cm³/mol. The number of benzene rings is 2. The molecule has 0 fully saturated rings. The summed E-state index contributed by atoms with van der Waals surface area (Å²) in [6.45, 7) is 9.63. The Balaban J connectivity index is 0.00000532. The van der Waals surface area contributed by atoms with Gasteiger partial charge in [0.25, 0.3) is 0 Å². The zero-order chi connectivity index (χ0) is 38.3. The second-order valence-corrected chi connectivity index (χ2v) is 14.9. The van der Waals surface area contributed by atoms with Gasteiger partial charge in [-0.05, 0) is 73.4 Å². The first kappa shape index (κ1) is 41.0. The SMILES string of the molecule is Cc1sc2c(c1C)C(c1ccc(Cl)cc1)=N[C@@H](CC(=O)NCCOCCOCCOCCNc1cc(-c3ccc4c(c3)NC(=O)C4)ccn1)c1nnc(C)n1-2.S. The molecule has 3 aromatic heterocycles. The van der Waals surface area contributed by atoms with Crippen LogP contribution in [0.4, 0.5) is 11.5 Å². The molecule has 56 heavy (non-hydrogen) atoms. The van der Waals surface area contributed by atoms with Crippen molar-refractivity contribution in [1.82, 2.24) is 25.1 Å². The van der Waals surface area contributed by atoms with Crippen molar-refractivity contribution in [3.63, 3.8) is 0 Å². The highest BCUT2D eigenvalue weighted by molar-refractivity contribution is 7.59. The van der Waals surface area contributed by atoms with Crippen LogP contribution in [0.1, 0.15) is 51.2 Å². The topological polar surface area (TPSA) is 154 Å². The van der Waals surface area contributed by atoms with Gasteiger partial charge in [-0.3, -0.25) is 19.1 Å². The zero-order valence-corrected chi connectivity index (χ0v) is 34.1. The number of halogens is 1. The summed E-state index contributed by atoms with van der Waals surface area (Å²) in [4.78, 5) is 35.6. The summed E-state index contributed by atoms with van der Waals surface area (Å²) in [6.07, 6.45) is 2.30. The first-order chi connectivity index (χ1) is 26.7. The monoisotopic (exact) mass is 816 g/mol. The molecule has 2 aromatic carbocycles. The van der Waals surface area contributed by atoms with E-state index in [-0.39, 0.29) is 31.7 Å². The molecule has 16 heteroatoms. The Hall–Kier alpha value is -4.64. The molecule has 3 N–H and O–H groups in total. The summed E-state index contributed by atoms with van der Waals surface area (Å²) in [5, 5.41) is 19.6. The van der Waals surface area contributed by atoms with Gasteiger partial charge in [-0.1, -0.05) is 35.9 Å². The number of aromatic nitrogens is 4. The predicted octanol–water partition coefficient (Wildman–Crippen LogP) is 6.14. The third-order valence-corrected chi connectivity index (χ3v) is 10.9. The van der Waals surface area contributed by atoms with Crippen LogP contribution in [0, 0.1) is 20.8 Å². The third kappa shape index (κ3) is 9.65. The summed E-state index contributed by atoms with van der Waals surface area (Å²) in [5.41, 5.74) is 7.82. The number of carbonyl (C=O) groups excluding carboxylic acids is 2. The highest BCUT2D eigenvalue weighted by Gasteiger charge is 2.32. The van der Waals surface area contributed by atoms with Crippen molar-refractivity contribution in [2.45, 2.75) is 39.7 Å². The number of nitrogens with zero attached hydrogens (tertiary/aromatic N) is 5. The second kappa shape index (κ2) is 19.0. The first-order valence-corrected chi connectivity index (χ1v) is 19.4.